The molecule has 0 unspecified atom stereocenters. The van der Waals surface area contributed by atoms with Crippen molar-refractivity contribution in [2.45, 2.75) is 25.4 Å². The third-order valence-corrected chi connectivity index (χ3v) is 2.82. The van der Waals surface area contributed by atoms with E-state index >= 15 is 0 Å². The minimum Gasteiger partial charge on any atom is -0.388 e. The quantitative estimate of drug-likeness (QED) is 0.791. The van der Waals surface area contributed by atoms with Gasteiger partial charge in [-0.15, -0.1) is 5.10 Å². The molecule has 5 nitrogen and oxygen atoms in total. The summed E-state index contributed by atoms with van der Waals surface area (Å²) in [4.78, 5) is 0. The predicted molar refractivity (Wildman–Crippen MR) is 60.3 cm³/mol. The molecule has 2 rings (SSSR count). The van der Waals surface area contributed by atoms with Gasteiger partial charge in [0.25, 0.3) is 0 Å². The molecular weight excluding hydrogens is 206 g/mol. The Kier molecular flexibility index (Phi) is 3.36. The van der Waals surface area contributed by atoms with Crippen LogP contribution in [0.3, 0.4) is 0 Å². The maximum Gasteiger partial charge on any atom is 0.148 e. The molecule has 0 amide bonds. The van der Waals surface area contributed by atoms with Gasteiger partial charge in [0.2, 0.25) is 0 Å². The van der Waals surface area contributed by atoms with Gasteiger partial charge in [0.15, 0.2) is 0 Å². The molecule has 88 valence electrons. The monoisotopic (exact) mass is 223 g/mol. The summed E-state index contributed by atoms with van der Waals surface area (Å²) >= 11 is 0. The van der Waals surface area contributed by atoms with Gasteiger partial charge in [0.05, 0.1) is 11.3 Å². The lowest BCUT2D eigenvalue weighted by Crippen LogP contribution is -2.42. The Morgan fingerprint density at radius 3 is 2.75 bits per heavy atom. The molecule has 2 heterocycles. The average Bonchev–Trinajstić information content (AvgIpc) is 2.29. The number of nitrogens with one attached hydrogen (secondary N) is 1. The minimum atomic E-state index is -0.676. The van der Waals surface area contributed by atoms with Crippen LogP contribution in [0.5, 0.6) is 0 Å². The SMILES string of the molecule is Cc1ccc(NCC2(O)CCOCC2)nn1. The first kappa shape index (κ1) is 11.3. The zero-order chi connectivity index (χ0) is 11.4. The molecule has 1 aliphatic rings. The van der Waals surface area contributed by atoms with E-state index in [9.17, 15) is 5.11 Å². The second-order valence-electron chi connectivity index (χ2n) is 4.25. The summed E-state index contributed by atoms with van der Waals surface area (Å²) in [6.07, 6.45) is 1.33. The number of aryl methyl sites for hydroxylation is 1. The van der Waals surface area contributed by atoms with Crippen LogP contribution >= 0.6 is 0 Å². The van der Waals surface area contributed by atoms with Crippen molar-refractivity contribution in [2.75, 3.05) is 25.1 Å². The standard InChI is InChI=1S/C11H17N3O2/c1-9-2-3-10(14-13-9)12-8-11(15)4-6-16-7-5-11/h2-3,15H,4-8H2,1H3,(H,12,14). The second-order valence-corrected chi connectivity index (χ2v) is 4.25. The number of hydrogen-bond acceptors (Lipinski definition) is 5. The number of rotatable bonds is 3. The summed E-state index contributed by atoms with van der Waals surface area (Å²) in [5, 5.41) is 21.2. The van der Waals surface area contributed by atoms with Crippen molar-refractivity contribution in [3.63, 3.8) is 0 Å². The summed E-state index contributed by atoms with van der Waals surface area (Å²) in [7, 11) is 0. The molecule has 1 aliphatic heterocycles. The van der Waals surface area contributed by atoms with Crippen LogP contribution in [0, 0.1) is 6.92 Å². The smallest absolute Gasteiger partial charge is 0.148 e. The van der Waals surface area contributed by atoms with E-state index in [0.717, 1.165) is 5.69 Å². The molecule has 0 bridgehead atoms. The van der Waals surface area contributed by atoms with Gasteiger partial charge in [0.1, 0.15) is 5.82 Å². The van der Waals surface area contributed by atoms with Gasteiger partial charge < -0.3 is 15.2 Å². The van der Waals surface area contributed by atoms with Gasteiger partial charge >= 0.3 is 0 Å². The van der Waals surface area contributed by atoms with Gasteiger partial charge in [-0.2, -0.15) is 5.10 Å². The number of anilines is 1. The van der Waals surface area contributed by atoms with Crippen molar-refractivity contribution >= 4 is 5.82 Å². The molecule has 2 N–H and O–H groups in total. The number of aromatic nitrogens is 2. The fraction of sp³-hybridized carbons (Fsp3) is 0.636. The Labute approximate surface area is 94.8 Å². The topological polar surface area (TPSA) is 67.3 Å². The molecule has 0 aromatic carbocycles. The summed E-state index contributed by atoms with van der Waals surface area (Å²) in [6, 6.07) is 3.76. The van der Waals surface area contributed by atoms with Crippen molar-refractivity contribution < 1.29 is 9.84 Å². The van der Waals surface area contributed by atoms with E-state index in [-0.39, 0.29) is 0 Å². The molecule has 0 atom stereocenters. The third kappa shape index (κ3) is 2.90. The fourth-order valence-electron chi connectivity index (χ4n) is 1.68. The second kappa shape index (κ2) is 4.76. The van der Waals surface area contributed by atoms with Crippen molar-refractivity contribution in [3.05, 3.63) is 17.8 Å². The molecule has 1 aromatic rings. The minimum absolute atomic E-state index is 0.494. The largest absolute Gasteiger partial charge is 0.388 e. The van der Waals surface area contributed by atoms with Crippen LogP contribution in [0.2, 0.25) is 0 Å². The highest BCUT2D eigenvalue weighted by molar-refractivity contribution is 5.33. The molecule has 1 aromatic heterocycles. The first-order chi connectivity index (χ1) is 7.68. The highest BCUT2D eigenvalue weighted by atomic mass is 16.5. The van der Waals surface area contributed by atoms with E-state index < -0.39 is 5.60 Å². The van der Waals surface area contributed by atoms with E-state index in [2.05, 4.69) is 15.5 Å². The summed E-state index contributed by atoms with van der Waals surface area (Å²) in [5.41, 5.74) is 0.209. The maximum atomic E-state index is 10.2. The molecule has 16 heavy (non-hydrogen) atoms. The lowest BCUT2D eigenvalue weighted by Gasteiger charge is -2.32. The Morgan fingerprint density at radius 1 is 1.38 bits per heavy atom. The zero-order valence-corrected chi connectivity index (χ0v) is 9.44. The number of nitrogens with zero attached hydrogens (tertiary/aromatic N) is 2. The Morgan fingerprint density at radius 2 is 2.12 bits per heavy atom. The lowest BCUT2D eigenvalue weighted by molar-refractivity contribution is -0.0543. The molecule has 0 saturated carbocycles. The number of aliphatic hydroxyl groups is 1. The summed E-state index contributed by atoms with van der Waals surface area (Å²) in [6.45, 7) is 3.63. The van der Waals surface area contributed by atoms with Crippen LogP contribution in [0.15, 0.2) is 12.1 Å². The van der Waals surface area contributed by atoms with E-state index in [0.29, 0.717) is 38.4 Å². The van der Waals surface area contributed by atoms with Crippen molar-refractivity contribution in [2.24, 2.45) is 0 Å². The first-order valence-electron chi connectivity index (χ1n) is 5.52. The van der Waals surface area contributed by atoms with Gasteiger partial charge in [-0.25, -0.2) is 0 Å². The zero-order valence-electron chi connectivity index (χ0n) is 9.44. The highest BCUT2D eigenvalue weighted by Gasteiger charge is 2.29. The summed E-state index contributed by atoms with van der Waals surface area (Å²) in [5.74, 6) is 0.700. The van der Waals surface area contributed by atoms with Gasteiger partial charge in [-0.05, 0) is 19.1 Å². The van der Waals surface area contributed by atoms with Crippen molar-refractivity contribution in [1.29, 1.82) is 0 Å². The van der Waals surface area contributed by atoms with Crippen LogP contribution in [0.1, 0.15) is 18.5 Å². The Hall–Kier alpha value is -1.20. The van der Waals surface area contributed by atoms with Crippen LogP contribution in [0.4, 0.5) is 5.82 Å². The molecule has 0 radical (unpaired) electrons. The van der Waals surface area contributed by atoms with Crippen LogP contribution < -0.4 is 5.32 Å². The lowest BCUT2D eigenvalue weighted by atomic mass is 9.94. The van der Waals surface area contributed by atoms with E-state index in [1.807, 2.05) is 19.1 Å². The fourth-order valence-corrected chi connectivity index (χ4v) is 1.68. The van der Waals surface area contributed by atoms with E-state index in [1.54, 1.807) is 0 Å². The third-order valence-electron chi connectivity index (χ3n) is 2.82. The molecule has 0 spiro atoms. The van der Waals surface area contributed by atoms with Crippen LogP contribution in [-0.4, -0.2) is 40.7 Å². The molecule has 1 saturated heterocycles. The van der Waals surface area contributed by atoms with E-state index in [4.69, 9.17) is 4.74 Å². The van der Waals surface area contributed by atoms with E-state index in [1.165, 1.54) is 0 Å². The van der Waals surface area contributed by atoms with Gasteiger partial charge in [-0.3, -0.25) is 0 Å². The average molecular weight is 223 g/mol. The van der Waals surface area contributed by atoms with Crippen LogP contribution in [0.25, 0.3) is 0 Å². The normalized spacial score (nSPS) is 19.4. The van der Waals surface area contributed by atoms with Crippen molar-refractivity contribution in [1.82, 2.24) is 10.2 Å². The number of ether oxygens (including phenoxy) is 1. The first-order valence-corrected chi connectivity index (χ1v) is 5.52. The Balaban J connectivity index is 1.88. The van der Waals surface area contributed by atoms with Crippen molar-refractivity contribution in [3.8, 4) is 0 Å². The molecule has 5 heteroatoms. The molecule has 1 fully saturated rings. The molecular formula is C11H17N3O2. The Bertz CT molecular complexity index is 334. The summed E-state index contributed by atoms with van der Waals surface area (Å²) < 4.78 is 5.22. The highest BCUT2D eigenvalue weighted by Crippen LogP contribution is 2.20. The maximum absolute atomic E-state index is 10.2. The van der Waals surface area contributed by atoms with Crippen LogP contribution in [-0.2, 0) is 4.74 Å². The van der Waals surface area contributed by atoms with Gasteiger partial charge in [0, 0.05) is 32.6 Å². The molecule has 0 aliphatic carbocycles. The predicted octanol–water partition coefficient (Wildman–Crippen LogP) is 0.738. The van der Waals surface area contributed by atoms with Gasteiger partial charge in [-0.1, -0.05) is 0 Å². The number of hydrogen-bond donors (Lipinski definition) is 2.